The van der Waals surface area contributed by atoms with E-state index >= 15 is 0 Å². The lowest BCUT2D eigenvalue weighted by Gasteiger charge is -2.15. The Kier molecular flexibility index (Phi) is 5.71. The summed E-state index contributed by atoms with van der Waals surface area (Å²) in [5.74, 6) is 0. The highest BCUT2D eigenvalue weighted by molar-refractivity contribution is 7.09. The first-order valence-corrected chi connectivity index (χ1v) is 8.63. The fraction of sp³-hybridized carbons (Fsp3) is 0.471. The molecule has 0 unspecified atom stereocenters. The largest absolute Gasteiger partial charge is 0.338 e. The van der Waals surface area contributed by atoms with Crippen molar-refractivity contribution in [3.63, 3.8) is 0 Å². The maximum atomic E-state index is 11.9. The van der Waals surface area contributed by atoms with Gasteiger partial charge in [0, 0.05) is 36.2 Å². The van der Waals surface area contributed by atoms with Gasteiger partial charge in [0.25, 0.3) is 0 Å². The van der Waals surface area contributed by atoms with Crippen LogP contribution >= 0.6 is 11.3 Å². The second-order valence-electron chi connectivity index (χ2n) is 6.53. The van der Waals surface area contributed by atoms with E-state index in [4.69, 9.17) is 0 Å². The van der Waals surface area contributed by atoms with Crippen molar-refractivity contribution in [2.24, 2.45) is 0 Å². The predicted molar refractivity (Wildman–Crippen MR) is 93.7 cm³/mol. The number of carbonyl (C=O) groups excluding carboxylic acids is 1. The summed E-state index contributed by atoms with van der Waals surface area (Å²) in [6.07, 6.45) is 4.22. The summed E-state index contributed by atoms with van der Waals surface area (Å²) >= 11 is 1.65. The highest BCUT2D eigenvalue weighted by Crippen LogP contribution is 2.23. The Morgan fingerprint density at radius 1 is 1.39 bits per heavy atom. The molecule has 2 amide bonds. The van der Waals surface area contributed by atoms with Gasteiger partial charge in [-0.05, 0) is 18.6 Å². The minimum atomic E-state index is -0.172. The molecule has 2 heterocycles. The summed E-state index contributed by atoms with van der Waals surface area (Å²) in [6, 6.07) is 3.56. The molecule has 23 heavy (non-hydrogen) atoms. The van der Waals surface area contributed by atoms with Crippen LogP contribution in [-0.4, -0.2) is 22.5 Å². The molecular weight excluding hydrogens is 308 g/mol. The first-order chi connectivity index (χ1) is 10.9. The number of aromatic nitrogens is 2. The third-order valence-electron chi connectivity index (χ3n) is 3.48. The van der Waals surface area contributed by atoms with E-state index in [1.165, 1.54) is 0 Å². The van der Waals surface area contributed by atoms with Crippen LogP contribution in [-0.2, 0) is 11.8 Å². The molecule has 0 bridgehead atoms. The summed E-state index contributed by atoms with van der Waals surface area (Å²) in [7, 11) is 0. The van der Waals surface area contributed by atoms with Crippen molar-refractivity contribution in [3.8, 4) is 0 Å². The van der Waals surface area contributed by atoms with Crippen LogP contribution in [0.1, 0.15) is 50.0 Å². The van der Waals surface area contributed by atoms with Crippen molar-refractivity contribution >= 4 is 17.4 Å². The van der Waals surface area contributed by atoms with Gasteiger partial charge in [-0.3, -0.25) is 4.98 Å². The molecule has 0 spiro atoms. The van der Waals surface area contributed by atoms with Gasteiger partial charge in [0.05, 0.1) is 16.7 Å². The lowest BCUT2D eigenvalue weighted by Crippen LogP contribution is -2.38. The van der Waals surface area contributed by atoms with Gasteiger partial charge in [-0.2, -0.15) is 0 Å². The molecule has 1 atom stereocenters. The van der Waals surface area contributed by atoms with E-state index in [-0.39, 0.29) is 17.5 Å². The Hall–Kier alpha value is -1.95. The minimum Gasteiger partial charge on any atom is -0.338 e. The van der Waals surface area contributed by atoms with Crippen molar-refractivity contribution in [2.45, 2.75) is 45.6 Å². The van der Waals surface area contributed by atoms with Crippen molar-refractivity contribution < 1.29 is 4.79 Å². The molecule has 2 aromatic heterocycles. The molecule has 0 aliphatic heterocycles. The Morgan fingerprint density at radius 3 is 2.78 bits per heavy atom. The molecule has 6 heteroatoms. The van der Waals surface area contributed by atoms with Crippen LogP contribution in [0.25, 0.3) is 0 Å². The number of thiazole rings is 1. The topological polar surface area (TPSA) is 66.9 Å². The monoisotopic (exact) mass is 332 g/mol. The van der Waals surface area contributed by atoms with Gasteiger partial charge < -0.3 is 10.6 Å². The highest BCUT2D eigenvalue weighted by atomic mass is 32.1. The van der Waals surface area contributed by atoms with Gasteiger partial charge in [0.15, 0.2) is 0 Å². The van der Waals surface area contributed by atoms with Gasteiger partial charge in [0.2, 0.25) is 0 Å². The van der Waals surface area contributed by atoms with E-state index in [2.05, 4.69) is 46.8 Å². The Bertz CT molecular complexity index is 634. The van der Waals surface area contributed by atoms with Crippen molar-refractivity contribution in [2.75, 3.05) is 6.54 Å². The second-order valence-corrected chi connectivity index (χ2v) is 7.48. The lowest BCUT2D eigenvalue weighted by atomic mass is 9.93. The molecule has 0 aromatic carbocycles. The third-order valence-corrected chi connectivity index (χ3v) is 4.39. The zero-order valence-corrected chi connectivity index (χ0v) is 14.9. The van der Waals surface area contributed by atoms with E-state index in [1.807, 2.05) is 19.1 Å². The third kappa shape index (κ3) is 5.32. The van der Waals surface area contributed by atoms with E-state index in [1.54, 1.807) is 23.7 Å². The molecule has 2 aromatic rings. The van der Waals surface area contributed by atoms with E-state index < -0.39 is 0 Å². The minimum absolute atomic E-state index is 0.0682. The van der Waals surface area contributed by atoms with Crippen molar-refractivity contribution in [1.82, 2.24) is 20.6 Å². The number of pyridine rings is 1. The summed E-state index contributed by atoms with van der Waals surface area (Å²) in [4.78, 5) is 20.6. The summed E-state index contributed by atoms with van der Waals surface area (Å²) in [6.45, 7) is 8.96. The van der Waals surface area contributed by atoms with E-state index in [0.717, 1.165) is 22.7 Å². The average Bonchev–Trinajstić information content (AvgIpc) is 2.97. The van der Waals surface area contributed by atoms with E-state index in [0.29, 0.717) is 6.54 Å². The number of amides is 2. The Labute approximate surface area is 141 Å². The molecular formula is C17H24N4OS. The van der Waals surface area contributed by atoms with Crippen LogP contribution in [0.3, 0.4) is 0 Å². The number of nitrogens with one attached hydrogen (secondary N) is 2. The molecule has 0 radical (unpaired) electrons. The second kappa shape index (κ2) is 7.55. The SMILES string of the molecule is C[C@@H](NC(=O)NCCc1nc(C(C)(C)C)cs1)c1cccnc1. The molecule has 2 N–H and O–H groups in total. The van der Waals surface area contributed by atoms with E-state index in [9.17, 15) is 4.79 Å². The van der Waals surface area contributed by atoms with Crippen LogP contribution < -0.4 is 10.6 Å². The Balaban J connectivity index is 1.76. The maximum absolute atomic E-state index is 11.9. The van der Waals surface area contributed by atoms with Gasteiger partial charge in [-0.15, -0.1) is 11.3 Å². The molecule has 2 rings (SSSR count). The zero-order chi connectivity index (χ0) is 16.9. The molecule has 5 nitrogen and oxygen atoms in total. The number of carbonyl (C=O) groups is 1. The lowest BCUT2D eigenvalue weighted by molar-refractivity contribution is 0.238. The zero-order valence-electron chi connectivity index (χ0n) is 14.1. The van der Waals surface area contributed by atoms with Gasteiger partial charge in [-0.1, -0.05) is 26.8 Å². The van der Waals surface area contributed by atoms with Crippen LogP contribution in [0.4, 0.5) is 4.79 Å². The van der Waals surface area contributed by atoms with Gasteiger partial charge in [0.1, 0.15) is 0 Å². The molecule has 0 aliphatic rings. The standard InChI is InChI=1S/C17H24N4OS/c1-12(13-6-5-8-18-10-13)20-16(22)19-9-7-15-21-14(11-23-15)17(2,3)4/h5-6,8,10-12H,7,9H2,1-4H3,(H2,19,20,22)/t12-/m1/s1. The number of nitrogens with zero attached hydrogens (tertiary/aromatic N) is 2. The Morgan fingerprint density at radius 2 is 2.17 bits per heavy atom. The van der Waals surface area contributed by atoms with Gasteiger partial charge >= 0.3 is 6.03 Å². The predicted octanol–water partition coefficient (Wildman–Crippen LogP) is 3.44. The summed E-state index contributed by atoms with van der Waals surface area (Å²) in [5.41, 5.74) is 2.16. The molecule has 0 fully saturated rings. The molecule has 124 valence electrons. The number of hydrogen-bond donors (Lipinski definition) is 2. The normalized spacial score (nSPS) is 12.7. The fourth-order valence-corrected chi connectivity index (χ4v) is 3.04. The van der Waals surface area contributed by atoms with Crippen LogP contribution in [0, 0.1) is 0 Å². The van der Waals surface area contributed by atoms with Crippen LogP contribution in [0.2, 0.25) is 0 Å². The van der Waals surface area contributed by atoms with Gasteiger partial charge in [-0.25, -0.2) is 9.78 Å². The summed E-state index contributed by atoms with van der Waals surface area (Å²) in [5, 5.41) is 8.93. The first kappa shape index (κ1) is 17.4. The number of hydrogen-bond acceptors (Lipinski definition) is 4. The number of urea groups is 1. The fourth-order valence-electron chi connectivity index (χ4n) is 2.02. The van der Waals surface area contributed by atoms with Crippen LogP contribution in [0.15, 0.2) is 29.9 Å². The number of rotatable bonds is 5. The maximum Gasteiger partial charge on any atom is 0.315 e. The smallest absolute Gasteiger partial charge is 0.315 e. The molecule has 0 saturated carbocycles. The molecule has 0 saturated heterocycles. The molecule has 0 aliphatic carbocycles. The first-order valence-electron chi connectivity index (χ1n) is 7.75. The average molecular weight is 332 g/mol. The van der Waals surface area contributed by atoms with Crippen molar-refractivity contribution in [1.29, 1.82) is 0 Å². The highest BCUT2D eigenvalue weighted by Gasteiger charge is 2.17. The van der Waals surface area contributed by atoms with Crippen molar-refractivity contribution in [3.05, 3.63) is 46.2 Å². The summed E-state index contributed by atoms with van der Waals surface area (Å²) < 4.78 is 0. The van der Waals surface area contributed by atoms with Crippen LogP contribution in [0.5, 0.6) is 0 Å². The quantitative estimate of drug-likeness (QED) is 0.881.